The van der Waals surface area contributed by atoms with Gasteiger partial charge in [-0.3, -0.25) is 4.79 Å². The fraction of sp³-hybridized carbons (Fsp3) is 0.410. The Kier molecular flexibility index (Phi) is 12.8. The van der Waals surface area contributed by atoms with E-state index in [0.717, 1.165) is 22.3 Å². The van der Waals surface area contributed by atoms with E-state index in [4.69, 9.17) is 23.7 Å². The van der Waals surface area contributed by atoms with Crippen molar-refractivity contribution in [3.63, 3.8) is 0 Å². The number of carbonyl (C=O) groups is 5. The molecule has 1 aliphatic carbocycles. The topological polar surface area (TPSA) is 156 Å². The lowest BCUT2D eigenvalue weighted by molar-refractivity contribution is -0.155. The molecule has 0 fully saturated rings. The first kappa shape index (κ1) is 38.4. The number of alkyl carbamates (subject to hydrolysis) is 2. The predicted octanol–water partition coefficient (Wildman–Crippen LogP) is 6.20. The molecule has 0 aromatic heterocycles. The summed E-state index contributed by atoms with van der Waals surface area (Å²) in [5, 5.41) is 4.90. The summed E-state index contributed by atoms with van der Waals surface area (Å²) < 4.78 is 27.1. The van der Waals surface area contributed by atoms with Crippen molar-refractivity contribution in [1.29, 1.82) is 0 Å². The standard InChI is InChI=1S/C39H46N2O10/c1-38(2,3)50-33(42)21-20-31(40-36(45)49-23-30-28-18-12-10-16-26(28)27-17-11-13-19-29(27)30)34(43)48-24-32(41-37(46)51-39(4,5)6)35(44)47-22-25-14-8-7-9-15-25/h7-19,30-32H,20-24H2,1-6H3,(H,40,45)(H,41,46)/t31-,32+/m1/s1. The number of amides is 2. The lowest BCUT2D eigenvalue weighted by atomic mass is 9.98. The van der Waals surface area contributed by atoms with Gasteiger partial charge in [-0.2, -0.15) is 0 Å². The van der Waals surface area contributed by atoms with E-state index in [1.807, 2.05) is 54.6 Å². The van der Waals surface area contributed by atoms with E-state index in [2.05, 4.69) is 10.6 Å². The summed E-state index contributed by atoms with van der Waals surface area (Å²) in [6.45, 7) is 9.32. The van der Waals surface area contributed by atoms with Gasteiger partial charge in [0.2, 0.25) is 0 Å². The van der Waals surface area contributed by atoms with Gasteiger partial charge in [0.1, 0.15) is 37.1 Å². The van der Waals surface area contributed by atoms with Crippen LogP contribution < -0.4 is 10.6 Å². The average molecular weight is 703 g/mol. The lowest BCUT2D eigenvalue weighted by Crippen LogP contribution is -2.49. The molecule has 1 aliphatic rings. The largest absolute Gasteiger partial charge is 0.461 e. The van der Waals surface area contributed by atoms with Crippen LogP contribution in [-0.2, 0) is 44.7 Å². The molecular formula is C39H46N2O10. The van der Waals surface area contributed by atoms with E-state index < -0.39 is 60.0 Å². The van der Waals surface area contributed by atoms with E-state index in [0.29, 0.717) is 5.56 Å². The monoisotopic (exact) mass is 702 g/mol. The van der Waals surface area contributed by atoms with Crippen LogP contribution in [0.2, 0.25) is 0 Å². The molecule has 0 aliphatic heterocycles. The minimum absolute atomic E-state index is 0.0111. The number of ether oxygens (including phenoxy) is 5. The van der Waals surface area contributed by atoms with Gasteiger partial charge in [0.15, 0.2) is 6.04 Å². The molecule has 0 bridgehead atoms. The summed E-state index contributed by atoms with van der Waals surface area (Å²) in [5.41, 5.74) is 3.18. The number of fused-ring (bicyclic) bond motifs is 3. The maximum atomic E-state index is 13.4. The van der Waals surface area contributed by atoms with Gasteiger partial charge in [-0.15, -0.1) is 0 Å². The Balaban J connectivity index is 1.44. The molecule has 0 unspecified atom stereocenters. The van der Waals surface area contributed by atoms with Crippen molar-refractivity contribution in [2.75, 3.05) is 13.2 Å². The summed E-state index contributed by atoms with van der Waals surface area (Å²) in [4.78, 5) is 64.8. The van der Waals surface area contributed by atoms with Gasteiger partial charge in [0.25, 0.3) is 0 Å². The third kappa shape index (κ3) is 11.9. The fourth-order valence-corrected chi connectivity index (χ4v) is 5.40. The zero-order valence-electron chi connectivity index (χ0n) is 29.9. The molecule has 0 heterocycles. The Morgan fingerprint density at radius 1 is 0.627 bits per heavy atom. The van der Waals surface area contributed by atoms with E-state index >= 15 is 0 Å². The molecule has 272 valence electrons. The highest BCUT2D eigenvalue weighted by Gasteiger charge is 2.32. The van der Waals surface area contributed by atoms with Crippen LogP contribution in [0.25, 0.3) is 11.1 Å². The van der Waals surface area contributed by atoms with E-state index in [-0.39, 0.29) is 32.0 Å². The van der Waals surface area contributed by atoms with Gasteiger partial charge in [0.05, 0.1) is 0 Å². The normalized spacial score (nSPS) is 13.5. The number of hydrogen-bond acceptors (Lipinski definition) is 10. The van der Waals surface area contributed by atoms with Crippen LogP contribution in [0, 0.1) is 0 Å². The summed E-state index contributed by atoms with van der Waals surface area (Å²) in [6.07, 6.45) is -2.27. The molecule has 3 aromatic rings. The van der Waals surface area contributed by atoms with Gasteiger partial charge >= 0.3 is 30.1 Å². The molecule has 12 nitrogen and oxygen atoms in total. The van der Waals surface area contributed by atoms with Crippen molar-refractivity contribution in [1.82, 2.24) is 10.6 Å². The second-order valence-electron chi connectivity index (χ2n) is 14.1. The van der Waals surface area contributed by atoms with Crippen LogP contribution in [0.4, 0.5) is 9.59 Å². The molecule has 3 aromatic carbocycles. The molecule has 0 spiro atoms. The molecule has 2 N–H and O–H groups in total. The molecule has 0 radical (unpaired) electrons. The highest BCUT2D eigenvalue weighted by Crippen LogP contribution is 2.44. The Bertz CT molecular complexity index is 1650. The second-order valence-corrected chi connectivity index (χ2v) is 14.1. The maximum Gasteiger partial charge on any atom is 0.408 e. The highest BCUT2D eigenvalue weighted by molar-refractivity contribution is 5.84. The first-order chi connectivity index (χ1) is 24.1. The maximum absolute atomic E-state index is 13.4. The van der Waals surface area contributed by atoms with Gasteiger partial charge < -0.3 is 34.3 Å². The van der Waals surface area contributed by atoms with Crippen LogP contribution >= 0.6 is 0 Å². The van der Waals surface area contributed by atoms with Crippen molar-refractivity contribution in [3.8, 4) is 11.1 Å². The molecule has 51 heavy (non-hydrogen) atoms. The van der Waals surface area contributed by atoms with Crippen LogP contribution in [0.3, 0.4) is 0 Å². The first-order valence-corrected chi connectivity index (χ1v) is 16.8. The zero-order chi connectivity index (χ0) is 37.2. The van der Waals surface area contributed by atoms with Crippen molar-refractivity contribution < 1.29 is 47.7 Å². The van der Waals surface area contributed by atoms with Crippen molar-refractivity contribution in [2.45, 2.75) is 90.2 Å². The zero-order valence-corrected chi connectivity index (χ0v) is 29.9. The van der Waals surface area contributed by atoms with Crippen LogP contribution in [0.5, 0.6) is 0 Å². The van der Waals surface area contributed by atoms with Crippen LogP contribution in [0.15, 0.2) is 78.9 Å². The van der Waals surface area contributed by atoms with E-state index in [9.17, 15) is 24.0 Å². The van der Waals surface area contributed by atoms with Gasteiger partial charge in [-0.25, -0.2) is 19.2 Å². The lowest BCUT2D eigenvalue weighted by Gasteiger charge is -2.24. The molecule has 0 saturated heterocycles. The average Bonchev–Trinajstić information content (AvgIpc) is 3.38. The summed E-state index contributed by atoms with van der Waals surface area (Å²) in [7, 11) is 0. The quantitative estimate of drug-likeness (QED) is 0.155. The number of nitrogens with one attached hydrogen (secondary N) is 2. The second kappa shape index (κ2) is 17.0. The third-order valence-electron chi connectivity index (χ3n) is 7.57. The molecule has 2 amide bonds. The number of esters is 3. The molecule has 4 rings (SSSR count). The minimum atomic E-state index is -1.45. The smallest absolute Gasteiger partial charge is 0.408 e. The molecule has 0 saturated carbocycles. The summed E-state index contributed by atoms with van der Waals surface area (Å²) in [6, 6.07) is 21.8. The SMILES string of the molecule is CC(C)(C)OC(=O)CC[C@@H](NC(=O)OCC1c2ccccc2-c2ccccc21)C(=O)OC[C@H](NC(=O)OC(C)(C)C)C(=O)OCc1ccccc1. The highest BCUT2D eigenvalue weighted by atomic mass is 16.6. The predicted molar refractivity (Wildman–Crippen MR) is 187 cm³/mol. The number of hydrogen-bond donors (Lipinski definition) is 2. The van der Waals surface area contributed by atoms with Gasteiger partial charge in [0, 0.05) is 12.3 Å². The molecule has 12 heteroatoms. The van der Waals surface area contributed by atoms with Gasteiger partial charge in [-0.1, -0.05) is 78.9 Å². The Morgan fingerprint density at radius 2 is 1.16 bits per heavy atom. The Hall–Kier alpha value is -5.39. The summed E-state index contributed by atoms with van der Waals surface area (Å²) >= 11 is 0. The molecule has 2 atom stereocenters. The van der Waals surface area contributed by atoms with Crippen molar-refractivity contribution in [3.05, 3.63) is 95.6 Å². The third-order valence-corrected chi connectivity index (χ3v) is 7.57. The van der Waals surface area contributed by atoms with E-state index in [1.165, 1.54) is 0 Å². The Labute approximate surface area is 298 Å². The van der Waals surface area contributed by atoms with Gasteiger partial charge in [-0.05, 0) is 75.8 Å². The minimum Gasteiger partial charge on any atom is -0.461 e. The summed E-state index contributed by atoms with van der Waals surface area (Å²) in [5.74, 6) is -2.67. The number of rotatable bonds is 13. The van der Waals surface area contributed by atoms with Crippen LogP contribution in [0.1, 0.15) is 77.0 Å². The van der Waals surface area contributed by atoms with Crippen molar-refractivity contribution in [2.24, 2.45) is 0 Å². The fourth-order valence-electron chi connectivity index (χ4n) is 5.40. The number of benzene rings is 3. The molecular weight excluding hydrogens is 656 g/mol. The van der Waals surface area contributed by atoms with E-state index in [1.54, 1.807) is 65.8 Å². The van der Waals surface area contributed by atoms with Crippen LogP contribution in [-0.4, -0.2) is 66.6 Å². The Morgan fingerprint density at radius 3 is 1.75 bits per heavy atom. The number of carbonyl (C=O) groups excluding carboxylic acids is 5. The van der Waals surface area contributed by atoms with Crippen molar-refractivity contribution >= 4 is 30.1 Å². The first-order valence-electron chi connectivity index (χ1n) is 16.8.